The van der Waals surface area contributed by atoms with Gasteiger partial charge in [0.05, 0.1) is 17.1 Å². The minimum absolute atomic E-state index is 0.102. The van der Waals surface area contributed by atoms with Gasteiger partial charge in [-0.2, -0.15) is 0 Å². The van der Waals surface area contributed by atoms with E-state index in [9.17, 15) is 27.2 Å². The molecule has 0 radical (unpaired) electrons. The van der Waals surface area contributed by atoms with Gasteiger partial charge in [0, 0.05) is 18.2 Å². The number of carbonyl (C=O) groups is 3. The molecule has 0 heterocycles. The molecule has 0 fully saturated rings. The maximum Gasteiger partial charge on any atom is 0.307 e. The van der Waals surface area contributed by atoms with Crippen LogP contribution < -0.4 is 5.32 Å². The van der Waals surface area contributed by atoms with E-state index in [0.29, 0.717) is 5.69 Å². The van der Waals surface area contributed by atoms with Crippen molar-refractivity contribution < 1.29 is 31.9 Å². The molecule has 154 valence electrons. The summed E-state index contributed by atoms with van der Waals surface area (Å²) in [6, 6.07) is 10.3. The predicted octanol–water partition coefficient (Wildman–Crippen LogP) is 2.76. The van der Waals surface area contributed by atoms with E-state index >= 15 is 0 Å². The first-order chi connectivity index (χ1) is 13.6. The maximum atomic E-state index is 12.9. The number of sulfone groups is 1. The van der Waals surface area contributed by atoms with Crippen LogP contribution in [0.5, 0.6) is 0 Å². The zero-order chi connectivity index (χ0) is 21.6. The number of benzene rings is 2. The topological polar surface area (TPSA) is 107 Å². The van der Waals surface area contributed by atoms with Gasteiger partial charge >= 0.3 is 5.97 Å². The van der Waals surface area contributed by atoms with E-state index in [4.69, 9.17) is 4.74 Å². The lowest BCUT2D eigenvalue weighted by molar-refractivity contribution is -0.145. The van der Waals surface area contributed by atoms with Crippen LogP contribution in [0, 0.1) is 5.82 Å². The Balaban J connectivity index is 1.91. The molecule has 0 saturated carbocycles. The minimum Gasteiger partial charge on any atom is -0.454 e. The zero-order valence-corrected chi connectivity index (χ0v) is 16.7. The maximum absolute atomic E-state index is 12.9. The van der Waals surface area contributed by atoms with Crippen LogP contribution in [0.25, 0.3) is 0 Å². The fourth-order valence-electron chi connectivity index (χ4n) is 2.44. The predicted molar refractivity (Wildman–Crippen MR) is 104 cm³/mol. The number of hydrogen-bond acceptors (Lipinski definition) is 6. The lowest BCUT2D eigenvalue weighted by Crippen LogP contribution is -2.25. The van der Waals surface area contributed by atoms with Crippen LogP contribution in [0.3, 0.4) is 0 Å². The molecule has 7 nitrogen and oxygen atoms in total. The molecule has 0 spiro atoms. The number of halogens is 1. The van der Waals surface area contributed by atoms with Crippen molar-refractivity contribution in [2.75, 3.05) is 11.1 Å². The van der Waals surface area contributed by atoms with Gasteiger partial charge in [0.1, 0.15) is 5.82 Å². The molecular formula is C20H20FNO6S. The first-order valence-corrected chi connectivity index (χ1v) is 10.3. The van der Waals surface area contributed by atoms with Gasteiger partial charge in [-0.25, -0.2) is 12.8 Å². The number of anilines is 1. The molecule has 9 heteroatoms. The van der Waals surface area contributed by atoms with Crippen molar-refractivity contribution in [3.8, 4) is 0 Å². The second kappa shape index (κ2) is 9.42. The van der Waals surface area contributed by atoms with E-state index in [2.05, 4.69) is 5.32 Å². The molecule has 0 saturated heterocycles. The number of nitrogens with one attached hydrogen (secondary N) is 1. The van der Waals surface area contributed by atoms with Crippen molar-refractivity contribution in [1.82, 2.24) is 0 Å². The van der Waals surface area contributed by atoms with Crippen LogP contribution >= 0.6 is 0 Å². The van der Waals surface area contributed by atoms with Crippen molar-refractivity contribution in [1.29, 1.82) is 0 Å². The SMILES string of the molecule is CC(=O)Nc1ccc(C(=O)C(C)OC(=O)CCS(=O)(=O)c2ccc(F)cc2)cc1. The van der Waals surface area contributed by atoms with E-state index in [1.165, 1.54) is 26.0 Å². The van der Waals surface area contributed by atoms with Crippen molar-refractivity contribution in [3.63, 3.8) is 0 Å². The molecule has 0 aromatic heterocycles. The number of amides is 1. The minimum atomic E-state index is -3.78. The summed E-state index contributed by atoms with van der Waals surface area (Å²) >= 11 is 0. The Morgan fingerprint density at radius 3 is 2.17 bits per heavy atom. The summed E-state index contributed by atoms with van der Waals surface area (Å²) < 4.78 is 42.3. The first-order valence-electron chi connectivity index (χ1n) is 8.68. The van der Waals surface area contributed by atoms with E-state index in [-0.39, 0.29) is 16.4 Å². The van der Waals surface area contributed by atoms with E-state index in [0.717, 1.165) is 24.3 Å². The van der Waals surface area contributed by atoms with Crippen molar-refractivity contribution >= 4 is 33.2 Å². The third kappa shape index (κ3) is 6.49. The monoisotopic (exact) mass is 421 g/mol. The Kier molecular flexibility index (Phi) is 7.22. The van der Waals surface area contributed by atoms with Crippen LogP contribution in [0.15, 0.2) is 53.4 Å². The molecule has 2 aromatic rings. The molecule has 0 bridgehead atoms. The second-order valence-electron chi connectivity index (χ2n) is 6.28. The Bertz CT molecular complexity index is 1000. The summed E-state index contributed by atoms with van der Waals surface area (Å²) in [6.45, 7) is 2.74. The number of Topliss-reactive ketones (excluding diaryl/α,β-unsaturated/α-hetero) is 1. The van der Waals surface area contributed by atoms with Crippen LogP contribution in [0.2, 0.25) is 0 Å². The van der Waals surface area contributed by atoms with Gasteiger partial charge in [0.15, 0.2) is 15.9 Å². The molecule has 0 aliphatic heterocycles. The summed E-state index contributed by atoms with van der Waals surface area (Å²) in [5.74, 6) is -2.65. The standard InChI is InChI=1S/C20H20FNO6S/c1-13(20(25)15-3-7-17(8-4-15)22-14(2)23)28-19(24)11-12-29(26,27)18-9-5-16(21)6-10-18/h3-10,13H,11-12H2,1-2H3,(H,22,23). The van der Waals surface area contributed by atoms with E-state index in [1.54, 1.807) is 12.1 Å². The van der Waals surface area contributed by atoms with Crippen molar-refractivity contribution in [2.45, 2.75) is 31.3 Å². The van der Waals surface area contributed by atoms with Crippen LogP contribution in [0.4, 0.5) is 10.1 Å². The first kappa shape index (κ1) is 22.2. The van der Waals surface area contributed by atoms with Gasteiger partial charge in [-0.05, 0) is 55.5 Å². The third-order valence-corrected chi connectivity index (χ3v) is 5.65. The van der Waals surface area contributed by atoms with Gasteiger partial charge in [-0.15, -0.1) is 0 Å². The quantitative estimate of drug-likeness (QED) is 0.399. The average Bonchev–Trinajstić information content (AvgIpc) is 2.66. The summed E-state index contributed by atoms with van der Waals surface area (Å²) in [6.07, 6.45) is -1.55. The van der Waals surface area contributed by atoms with E-state index < -0.39 is 45.7 Å². The highest BCUT2D eigenvalue weighted by Gasteiger charge is 2.22. The van der Waals surface area contributed by atoms with Crippen molar-refractivity contribution in [2.24, 2.45) is 0 Å². The number of rotatable bonds is 8. The Morgan fingerprint density at radius 1 is 1.03 bits per heavy atom. The number of hydrogen-bond donors (Lipinski definition) is 1. The lowest BCUT2D eigenvalue weighted by atomic mass is 10.1. The molecule has 1 unspecified atom stereocenters. The van der Waals surface area contributed by atoms with Gasteiger partial charge in [-0.3, -0.25) is 14.4 Å². The highest BCUT2D eigenvalue weighted by atomic mass is 32.2. The third-order valence-electron chi connectivity index (χ3n) is 3.91. The highest BCUT2D eigenvalue weighted by molar-refractivity contribution is 7.91. The Labute approximate surface area is 167 Å². The molecule has 1 amide bonds. The number of ketones is 1. The molecular weight excluding hydrogens is 401 g/mol. The fourth-order valence-corrected chi connectivity index (χ4v) is 3.66. The summed E-state index contributed by atoms with van der Waals surface area (Å²) in [5, 5.41) is 2.57. The highest BCUT2D eigenvalue weighted by Crippen LogP contribution is 2.15. The molecule has 1 N–H and O–H groups in total. The van der Waals surface area contributed by atoms with Crippen LogP contribution in [-0.2, 0) is 24.2 Å². The van der Waals surface area contributed by atoms with Gasteiger partial charge in [0.25, 0.3) is 0 Å². The molecule has 29 heavy (non-hydrogen) atoms. The van der Waals surface area contributed by atoms with Gasteiger partial charge in [-0.1, -0.05) is 0 Å². The average molecular weight is 421 g/mol. The zero-order valence-electron chi connectivity index (χ0n) is 15.8. The molecule has 0 aliphatic carbocycles. The Hall–Kier alpha value is -3.07. The normalized spacial score (nSPS) is 12.1. The van der Waals surface area contributed by atoms with Gasteiger partial charge in [0.2, 0.25) is 11.7 Å². The van der Waals surface area contributed by atoms with Crippen molar-refractivity contribution in [3.05, 3.63) is 59.9 Å². The van der Waals surface area contributed by atoms with Crippen LogP contribution in [0.1, 0.15) is 30.6 Å². The van der Waals surface area contributed by atoms with Crippen LogP contribution in [-0.4, -0.2) is 37.9 Å². The second-order valence-corrected chi connectivity index (χ2v) is 8.39. The summed E-state index contributed by atoms with van der Waals surface area (Å²) in [5.41, 5.74) is 0.794. The molecule has 2 rings (SSSR count). The summed E-state index contributed by atoms with van der Waals surface area (Å²) in [7, 11) is -3.78. The number of esters is 1. The number of carbonyl (C=O) groups excluding carboxylic acids is 3. The smallest absolute Gasteiger partial charge is 0.307 e. The fraction of sp³-hybridized carbons (Fsp3) is 0.250. The molecule has 1 atom stereocenters. The molecule has 0 aliphatic rings. The van der Waals surface area contributed by atoms with Gasteiger partial charge < -0.3 is 10.1 Å². The Morgan fingerprint density at radius 2 is 1.62 bits per heavy atom. The summed E-state index contributed by atoms with van der Waals surface area (Å²) in [4.78, 5) is 35.2. The molecule has 2 aromatic carbocycles. The van der Waals surface area contributed by atoms with E-state index in [1.807, 2.05) is 0 Å². The largest absolute Gasteiger partial charge is 0.454 e. The number of ether oxygens (including phenoxy) is 1. The lowest BCUT2D eigenvalue weighted by Gasteiger charge is -2.13.